The van der Waals surface area contributed by atoms with Gasteiger partial charge in [-0.15, -0.1) is 0 Å². The molecule has 21 heavy (non-hydrogen) atoms. The Morgan fingerprint density at radius 2 is 1.95 bits per heavy atom. The predicted molar refractivity (Wildman–Crippen MR) is 83.9 cm³/mol. The molecule has 0 spiro atoms. The van der Waals surface area contributed by atoms with Gasteiger partial charge in [-0.2, -0.15) is 0 Å². The zero-order chi connectivity index (χ0) is 15.4. The van der Waals surface area contributed by atoms with Gasteiger partial charge in [0.05, 0.1) is 12.5 Å². The van der Waals surface area contributed by atoms with Gasteiger partial charge in [-0.25, -0.2) is 0 Å². The standard InChI is InChI=1S/C17H20N2O2/c1-12(15-8-3-4-9-16(15)20)19(2)17(21)11-13-6-5-7-14(18)10-13/h3-10,12,20H,11,18H2,1-2H3. The van der Waals surface area contributed by atoms with Crippen LogP contribution in [0.15, 0.2) is 48.5 Å². The van der Waals surface area contributed by atoms with Crippen molar-refractivity contribution in [3.8, 4) is 5.75 Å². The summed E-state index contributed by atoms with van der Waals surface area (Å²) in [4.78, 5) is 14.0. The molecule has 2 aromatic carbocycles. The Hall–Kier alpha value is -2.49. The molecule has 4 nitrogen and oxygen atoms in total. The Morgan fingerprint density at radius 3 is 2.62 bits per heavy atom. The predicted octanol–water partition coefficient (Wildman–Crippen LogP) is 2.74. The number of para-hydroxylation sites is 1. The van der Waals surface area contributed by atoms with Crippen molar-refractivity contribution in [2.24, 2.45) is 0 Å². The first-order valence-corrected chi connectivity index (χ1v) is 6.87. The molecule has 110 valence electrons. The van der Waals surface area contributed by atoms with E-state index in [1.807, 2.05) is 31.2 Å². The van der Waals surface area contributed by atoms with Crippen LogP contribution in [0.1, 0.15) is 24.1 Å². The normalized spacial score (nSPS) is 11.9. The summed E-state index contributed by atoms with van der Waals surface area (Å²) in [5.74, 6) is 0.185. The van der Waals surface area contributed by atoms with Crippen LogP contribution in [-0.2, 0) is 11.2 Å². The zero-order valence-electron chi connectivity index (χ0n) is 12.3. The monoisotopic (exact) mass is 284 g/mol. The van der Waals surface area contributed by atoms with Gasteiger partial charge in [0.1, 0.15) is 5.75 Å². The van der Waals surface area contributed by atoms with E-state index in [9.17, 15) is 9.90 Å². The van der Waals surface area contributed by atoms with E-state index in [-0.39, 0.29) is 17.7 Å². The minimum atomic E-state index is -0.195. The van der Waals surface area contributed by atoms with Crippen molar-refractivity contribution in [3.63, 3.8) is 0 Å². The second-order valence-electron chi connectivity index (χ2n) is 5.16. The van der Waals surface area contributed by atoms with E-state index in [0.29, 0.717) is 12.1 Å². The summed E-state index contributed by atoms with van der Waals surface area (Å²) < 4.78 is 0. The van der Waals surface area contributed by atoms with Crippen molar-refractivity contribution < 1.29 is 9.90 Å². The Kier molecular flexibility index (Phi) is 4.48. The molecule has 0 bridgehead atoms. The van der Waals surface area contributed by atoms with Crippen LogP contribution in [0.25, 0.3) is 0 Å². The highest BCUT2D eigenvalue weighted by Crippen LogP contribution is 2.27. The summed E-state index contributed by atoms with van der Waals surface area (Å²) in [6.07, 6.45) is 0.291. The molecule has 0 saturated carbocycles. The Bertz CT molecular complexity index is 640. The van der Waals surface area contributed by atoms with Crippen molar-refractivity contribution in [2.75, 3.05) is 12.8 Å². The van der Waals surface area contributed by atoms with Crippen LogP contribution in [0.5, 0.6) is 5.75 Å². The third-order valence-corrected chi connectivity index (χ3v) is 3.67. The van der Waals surface area contributed by atoms with E-state index in [1.54, 1.807) is 36.2 Å². The zero-order valence-corrected chi connectivity index (χ0v) is 12.3. The maximum Gasteiger partial charge on any atom is 0.227 e. The lowest BCUT2D eigenvalue weighted by atomic mass is 10.0. The number of anilines is 1. The SMILES string of the molecule is CC(c1ccccc1O)N(C)C(=O)Cc1cccc(N)c1. The highest BCUT2D eigenvalue weighted by Gasteiger charge is 2.19. The second-order valence-corrected chi connectivity index (χ2v) is 5.16. The van der Waals surface area contributed by atoms with Gasteiger partial charge >= 0.3 is 0 Å². The van der Waals surface area contributed by atoms with Crippen LogP contribution in [0, 0.1) is 0 Å². The van der Waals surface area contributed by atoms with Crippen LogP contribution in [0.2, 0.25) is 0 Å². The van der Waals surface area contributed by atoms with E-state index >= 15 is 0 Å². The molecular weight excluding hydrogens is 264 g/mol. The average molecular weight is 284 g/mol. The van der Waals surface area contributed by atoms with Gasteiger partial charge in [0.2, 0.25) is 5.91 Å². The molecule has 0 aliphatic heterocycles. The molecule has 0 fully saturated rings. The number of carbonyl (C=O) groups is 1. The molecule has 0 heterocycles. The van der Waals surface area contributed by atoms with Crippen molar-refractivity contribution in [3.05, 3.63) is 59.7 Å². The number of hydrogen-bond acceptors (Lipinski definition) is 3. The molecule has 0 radical (unpaired) electrons. The molecule has 4 heteroatoms. The summed E-state index contributed by atoms with van der Waals surface area (Å²) in [5, 5.41) is 9.88. The molecule has 0 aliphatic rings. The van der Waals surface area contributed by atoms with Gasteiger partial charge in [-0.05, 0) is 30.7 Å². The first-order chi connectivity index (χ1) is 9.99. The molecule has 0 saturated heterocycles. The van der Waals surface area contributed by atoms with Gasteiger partial charge in [-0.1, -0.05) is 30.3 Å². The largest absolute Gasteiger partial charge is 0.508 e. The molecule has 1 unspecified atom stereocenters. The first kappa shape index (κ1) is 14.9. The molecule has 0 aliphatic carbocycles. The van der Waals surface area contributed by atoms with Gasteiger partial charge in [0.15, 0.2) is 0 Å². The number of hydrogen-bond donors (Lipinski definition) is 2. The first-order valence-electron chi connectivity index (χ1n) is 6.87. The van der Waals surface area contributed by atoms with E-state index in [4.69, 9.17) is 5.73 Å². The molecule has 2 rings (SSSR count). The Morgan fingerprint density at radius 1 is 1.24 bits per heavy atom. The van der Waals surface area contributed by atoms with Crippen molar-refractivity contribution in [2.45, 2.75) is 19.4 Å². The van der Waals surface area contributed by atoms with Gasteiger partial charge < -0.3 is 15.7 Å². The number of amides is 1. The van der Waals surface area contributed by atoms with E-state index in [2.05, 4.69) is 0 Å². The molecule has 1 atom stereocenters. The number of likely N-dealkylation sites (N-methyl/N-ethyl adjacent to an activating group) is 1. The highest BCUT2D eigenvalue weighted by atomic mass is 16.3. The van der Waals surface area contributed by atoms with Crippen LogP contribution in [-0.4, -0.2) is 23.0 Å². The number of nitrogens with zero attached hydrogens (tertiary/aromatic N) is 1. The minimum Gasteiger partial charge on any atom is -0.508 e. The number of nitrogens with two attached hydrogens (primary N) is 1. The number of benzene rings is 2. The molecule has 0 aromatic heterocycles. The minimum absolute atomic E-state index is 0.0173. The fourth-order valence-electron chi connectivity index (χ4n) is 2.27. The summed E-state index contributed by atoms with van der Waals surface area (Å²) in [6.45, 7) is 1.90. The lowest BCUT2D eigenvalue weighted by molar-refractivity contribution is -0.131. The third-order valence-electron chi connectivity index (χ3n) is 3.67. The number of rotatable bonds is 4. The number of phenolic OH excluding ortho intramolecular Hbond substituents is 1. The van der Waals surface area contributed by atoms with Crippen LogP contribution in [0.4, 0.5) is 5.69 Å². The molecular formula is C17H20N2O2. The number of carbonyl (C=O) groups excluding carboxylic acids is 1. The van der Waals surface area contributed by atoms with Crippen LogP contribution >= 0.6 is 0 Å². The van der Waals surface area contributed by atoms with Gasteiger partial charge in [0, 0.05) is 18.3 Å². The molecule has 3 N–H and O–H groups in total. The van der Waals surface area contributed by atoms with Crippen molar-refractivity contribution in [1.29, 1.82) is 0 Å². The highest BCUT2D eigenvalue weighted by molar-refractivity contribution is 5.79. The maximum atomic E-state index is 12.4. The summed E-state index contributed by atoms with van der Waals surface area (Å²) in [6, 6.07) is 14.2. The van der Waals surface area contributed by atoms with Crippen LogP contribution < -0.4 is 5.73 Å². The van der Waals surface area contributed by atoms with Crippen molar-refractivity contribution >= 4 is 11.6 Å². The maximum absolute atomic E-state index is 12.4. The molecule has 2 aromatic rings. The fourth-order valence-corrected chi connectivity index (χ4v) is 2.27. The van der Waals surface area contributed by atoms with E-state index in [1.165, 1.54) is 0 Å². The van der Waals surface area contributed by atoms with Crippen LogP contribution in [0.3, 0.4) is 0 Å². The van der Waals surface area contributed by atoms with E-state index in [0.717, 1.165) is 11.1 Å². The van der Waals surface area contributed by atoms with Crippen molar-refractivity contribution in [1.82, 2.24) is 4.90 Å². The summed E-state index contributed by atoms with van der Waals surface area (Å²) in [7, 11) is 1.74. The Labute approximate surface area is 124 Å². The average Bonchev–Trinajstić information content (AvgIpc) is 2.46. The number of phenols is 1. The second kappa shape index (κ2) is 6.31. The Balaban J connectivity index is 2.10. The number of nitrogen functional groups attached to an aromatic ring is 1. The molecule has 1 amide bonds. The van der Waals surface area contributed by atoms with Gasteiger partial charge in [-0.3, -0.25) is 4.79 Å². The lowest BCUT2D eigenvalue weighted by Crippen LogP contribution is -2.31. The smallest absolute Gasteiger partial charge is 0.227 e. The summed E-state index contributed by atoms with van der Waals surface area (Å²) in [5.41, 5.74) is 8.00. The topological polar surface area (TPSA) is 66.6 Å². The van der Waals surface area contributed by atoms with Gasteiger partial charge in [0.25, 0.3) is 0 Å². The lowest BCUT2D eigenvalue weighted by Gasteiger charge is -2.26. The fraction of sp³-hybridized carbons (Fsp3) is 0.235. The third kappa shape index (κ3) is 3.54. The summed E-state index contributed by atoms with van der Waals surface area (Å²) >= 11 is 0. The van der Waals surface area contributed by atoms with E-state index < -0.39 is 0 Å². The number of aromatic hydroxyl groups is 1. The quantitative estimate of drug-likeness (QED) is 0.848.